The molecule has 2 aromatic rings. The average Bonchev–Trinajstić information content (AvgIpc) is 2.60. The fourth-order valence-corrected chi connectivity index (χ4v) is 2.56. The zero-order valence-electron chi connectivity index (χ0n) is 14.1. The van der Waals surface area contributed by atoms with Crippen LogP contribution in [0.3, 0.4) is 0 Å². The van der Waals surface area contributed by atoms with Crippen LogP contribution in [-0.4, -0.2) is 5.91 Å². The molecule has 0 aliphatic carbocycles. The number of ether oxygens (including phenoxy) is 1. The first-order chi connectivity index (χ1) is 12.6. The van der Waals surface area contributed by atoms with Crippen LogP contribution in [0.5, 0.6) is 5.75 Å². The van der Waals surface area contributed by atoms with Crippen molar-refractivity contribution in [3.05, 3.63) is 53.1 Å². The highest BCUT2D eigenvalue weighted by Crippen LogP contribution is 2.37. The first-order valence-electron chi connectivity index (χ1n) is 7.86. The van der Waals surface area contributed by atoms with Crippen LogP contribution in [0, 0.1) is 0 Å². The lowest BCUT2D eigenvalue weighted by Gasteiger charge is -2.19. The maximum atomic E-state index is 13.3. The van der Waals surface area contributed by atoms with Gasteiger partial charge in [0.25, 0.3) is 6.43 Å². The second-order valence-electron chi connectivity index (χ2n) is 5.54. The summed E-state index contributed by atoms with van der Waals surface area (Å²) in [5, 5.41) is 2.38. The molecule has 3 nitrogen and oxygen atoms in total. The van der Waals surface area contributed by atoms with Crippen LogP contribution in [0.2, 0.25) is 0 Å². The van der Waals surface area contributed by atoms with E-state index in [1.54, 1.807) is 6.92 Å². The first kappa shape index (κ1) is 21.0. The van der Waals surface area contributed by atoms with Gasteiger partial charge >= 0.3 is 6.18 Å². The van der Waals surface area contributed by atoms with Crippen LogP contribution in [0.25, 0.3) is 0 Å². The number of halogens is 5. The first-order valence-corrected chi connectivity index (χ1v) is 8.31. The summed E-state index contributed by atoms with van der Waals surface area (Å²) < 4.78 is 71.6. The molecule has 0 radical (unpaired) electrons. The summed E-state index contributed by atoms with van der Waals surface area (Å²) in [5.74, 6) is -0.740. The minimum Gasteiger partial charge on any atom is -0.488 e. The van der Waals surface area contributed by atoms with Crippen LogP contribution in [-0.2, 0) is 17.6 Å². The van der Waals surface area contributed by atoms with E-state index in [1.165, 1.54) is 18.2 Å². The molecule has 0 aliphatic rings. The summed E-state index contributed by atoms with van der Waals surface area (Å²) in [7, 11) is 0. The van der Waals surface area contributed by atoms with Crippen molar-refractivity contribution in [3.63, 3.8) is 0 Å². The normalized spacial score (nSPS) is 11.6. The Bertz CT molecular complexity index is 824. The van der Waals surface area contributed by atoms with Crippen molar-refractivity contribution < 1.29 is 31.5 Å². The number of benzene rings is 2. The van der Waals surface area contributed by atoms with Gasteiger partial charge in [-0.25, -0.2) is 8.78 Å². The third-order valence-corrected chi connectivity index (χ3v) is 3.96. The van der Waals surface area contributed by atoms with Gasteiger partial charge in [-0.1, -0.05) is 13.0 Å². The highest BCUT2D eigenvalue weighted by Gasteiger charge is 2.34. The predicted octanol–water partition coefficient (Wildman–Crippen LogP) is 5.86. The quantitative estimate of drug-likeness (QED) is 0.467. The number of carbonyl (C=O) groups excluding carboxylic acids is 1. The molecule has 0 saturated carbocycles. The molecule has 9 heteroatoms. The van der Waals surface area contributed by atoms with Gasteiger partial charge < -0.3 is 10.1 Å². The van der Waals surface area contributed by atoms with Crippen molar-refractivity contribution in [2.45, 2.75) is 37.4 Å². The molecule has 0 bridgehead atoms. The Labute approximate surface area is 157 Å². The van der Waals surface area contributed by atoms with Crippen LogP contribution in [0.4, 0.5) is 27.6 Å². The van der Waals surface area contributed by atoms with Gasteiger partial charge in [-0.15, -0.1) is 12.6 Å². The Kier molecular flexibility index (Phi) is 6.69. The number of carbonyl (C=O) groups is 1. The molecule has 1 amide bonds. The number of thiol groups is 1. The van der Waals surface area contributed by atoms with E-state index in [1.807, 2.05) is 0 Å². The smallest absolute Gasteiger partial charge is 0.416 e. The van der Waals surface area contributed by atoms with Crippen molar-refractivity contribution in [1.29, 1.82) is 0 Å². The van der Waals surface area contributed by atoms with Gasteiger partial charge in [0.2, 0.25) is 5.91 Å². The third-order valence-electron chi connectivity index (χ3n) is 3.68. The van der Waals surface area contributed by atoms with Crippen LogP contribution >= 0.6 is 12.6 Å². The molecule has 0 atom stereocenters. The summed E-state index contributed by atoms with van der Waals surface area (Å²) >= 11 is 3.97. The van der Waals surface area contributed by atoms with Crippen molar-refractivity contribution >= 4 is 24.2 Å². The minimum atomic E-state index is -4.70. The van der Waals surface area contributed by atoms with E-state index in [9.17, 15) is 26.7 Å². The highest BCUT2D eigenvalue weighted by molar-refractivity contribution is 7.80. The lowest BCUT2D eigenvalue weighted by atomic mass is 10.0. The predicted molar refractivity (Wildman–Crippen MR) is 93.3 cm³/mol. The molecule has 27 heavy (non-hydrogen) atoms. The second-order valence-corrected chi connectivity index (χ2v) is 6.06. The Morgan fingerprint density at radius 1 is 1.22 bits per heavy atom. The Morgan fingerprint density at radius 2 is 1.93 bits per heavy atom. The fraction of sp³-hybridized carbons (Fsp3) is 0.278. The number of alkyl halides is 5. The summed E-state index contributed by atoms with van der Waals surface area (Å²) in [6.07, 6.45) is -7.52. The molecule has 0 aromatic heterocycles. The lowest BCUT2D eigenvalue weighted by molar-refractivity contribution is -0.138. The number of amides is 1. The van der Waals surface area contributed by atoms with Crippen molar-refractivity contribution in [3.8, 4) is 5.75 Å². The summed E-state index contributed by atoms with van der Waals surface area (Å²) in [4.78, 5) is 11.9. The molecule has 0 unspecified atom stereocenters. The van der Waals surface area contributed by atoms with E-state index in [4.69, 9.17) is 4.74 Å². The molecule has 2 rings (SSSR count). The van der Waals surface area contributed by atoms with E-state index < -0.39 is 36.2 Å². The molecule has 0 aliphatic heterocycles. The molecule has 0 spiro atoms. The largest absolute Gasteiger partial charge is 0.488 e. The lowest BCUT2D eigenvalue weighted by Crippen LogP contribution is -2.17. The van der Waals surface area contributed by atoms with E-state index in [0.717, 1.165) is 18.2 Å². The van der Waals surface area contributed by atoms with E-state index in [0.29, 0.717) is 0 Å². The number of anilines is 1. The van der Waals surface area contributed by atoms with Crippen molar-refractivity contribution in [1.82, 2.24) is 0 Å². The van der Waals surface area contributed by atoms with E-state index in [2.05, 4.69) is 17.9 Å². The number of rotatable bonds is 6. The van der Waals surface area contributed by atoms with E-state index >= 15 is 0 Å². The molecule has 1 N–H and O–H groups in total. The Balaban J connectivity index is 2.41. The Hall–Kier alpha value is -2.29. The van der Waals surface area contributed by atoms with Crippen LogP contribution in [0.15, 0.2) is 41.3 Å². The summed E-state index contributed by atoms with van der Waals surface area (Å²) in [6.45, 7) is 0.897. The summed E-state index contributed by atoms with van der Waals surface area (Å²) in [6, 6.07) is 6.97. The fourth-order valence-electron chi connectivity index (χ4n) is 2.35. The zero-order valence-corrected chi connectivity index (χ0v) is 15.0. The molecule has 0 heterocycles. The summed E-state index contributed by atoms with van der Waals surface area (Å²) in [5.41, 5.74) is -1.92. The SMILES string of the molecule is CCC(=O)Nc1cccc(C(F)(F)F)c1COc1ccc(S)cc1C(F)F. The topological polar surface area (TPSA) is 38.3 Å². The molecule has 0 fully saturated rings. The molecule has 146 valence electrons. The van der Waals surface area contributed by atoms with Crippen LogP contribution in [0.1, 0.15) is 36.5 Å². The molecule has 2 aromatic carbocycles. The molecular weight excluding hydrogens is 389 g/mol. The number of hydrogen-bond donors (Lipinski definition) is 2. The minimum absolute atomic E-state index is 0.0650. The maximum absolute atomic E-state index is 13.3. The van der Waals surface area contributed by atoms with Crippen molar-refractivity contribution in [2.24, 2.45) is 0 Å². The van der Waals surface area contributed by atoms with Gasteiger partial charge in [-0.3, -0.25) is 4.79 Å². The molecular formula is C18H16F5NO2S. The monoisotopic (exact) mass is 405 g/mol. The zero-order chi connectivity index (χ0) is 20.2. The maximum Gasteiger partial charge on any atom is 0.416 e. The molecule has 0 saturated heterocycles. The Morgan fingerprint density at radius 3 is 2.52 bits per heavy atom. The average molecular weight is 405 g/mol. The van der Waals surface area contributed by atoms with Crippen LogP contribution < -0.4 is 10.1 Å². The van der Waals surface area contributed by atoms with E-state index in [-0.39, 0.29) is 28.3 Å². The van der Waals surface area contributed by atoms with Gasteiger partial charge in [-0.2, -0.15) is 13.2 Å². The second kappa shape index (κ2) is 8.60. The van der Waals surface area contributed by atoms with Gasteiger partial charge in [0.1, 0.15) is 12.4 Å². The standard InChI is InChI=1S/C18H16F5NO2S/c1-2-16(25)24-14-5-3-4-13(18(21,22)23)12(14)9-26-15-7-6-10(27)8-11(15)17(19)20/h3-8,17,27H,2,9H2,1H3,(H,24,25). The third kappa shape index (κ3) is 5.35. The van der Waals surface area contributed by atoms with Gasteiger partial charge in [0, 0.05) is 22.6 Å². The van der Waals surface area contributed by atoms with Gasteiger partial charge in [0.05, 0.1) is 11.1 Å². The van der Waals surface area contributed by atoms with Gasteiger partial charge in [0.15, 0.2) is 0 Å². The van der Waals surface area contributed by atoms with Crippen molar-refractivity contribution in [2.75, 3.05) is 5.32 Å². The van der Waals surface area contributed by atoms with Gasteiger partial charge in [-0.05, 0) is 30.3 Å². The number of hydrogen-bond acceptors (Lipinski definition) is 3. The highest BCUT2D eigenvalue weighted by atomic mass is 32.1. The number of nitrogens with one attached hydrogen (secondary N) is 1.